The Bertz CT molecular complexity index is 1090. The van der Waals surface area contributed by atoms with Crippen molar-refractivity contribution in [2.24, 2.45) is 0 Å². The fourth-order valence-electron chi connectivity index (χ4n) is 3.15. The Balaban J connectivity index is 1.89. The molecule has 4 aromatic carbocycles. The second kappa shape index (κ2) is 7.00. The molecule has 4 heteroatoms. The predicted molar refractivity (Wildman–Crippen MR) is 107 cm³/mol. The molecule has 0 amide bonds. The van der Waals surface area contributed by atoms with Gasteiger partial charge in [-0.05, 0) is 71.4 Å². The van der Waals surface area contributed by atoms with Gasteiger partial charge in [-0.2, -0.15) is 0 Å². The van der Waals surface area contributed by atoms with E-state index in [4.69, 9.17) is 0 Å². The standard InChI is InChI=1S/C24H16O4/c25-19-9-5-15(6-10-19)23(27)21-13-17-3-1-2-4-18(17)14-22(21)24(28)16-7-11-20(26)12-8-16/h1-14,25-26H. The molecule has 2 N–H and O–H groups in total. The maximum Gasteiger partial charge on any atom is 0.193 e. The van der Waals surface area contributed by atoms with Crippen molar-refractivity contribution in [3.63, 3.8) is 0 Å². The first kappa shape index (κ1) is 17.5. The summed E-state index contributed by atoms with van der Waals surface area (Å²) in [4.78, 5) is 26.3. The molecule has 0 aromatic heterocycles. The SMILES string of the molecule is O=C(c1ccc(O)cc1)c1cc2ccccc2cc1C(=O)c1ccc(O)cc1. The molecule has 0 radical (unpaired) electrons. The van der Waals surface area contributed by atoms with Crippen molar-refractivity contribution in [1.29, 1.82) is 0 Å². The Morgan fingerprint density at radius 1 is 0.536 bits per heavy atom. The molecule has 4 nitrogen and oxygen atoms in total. The number of fused-ring (bicyclic) bond motifs is 1. The minimum Gasteiger partial charge on any atom is -0.508 e. The summed E-state index contributed by atoms with van der Waals surface area (Å²) in [6.45, 7) is 0. The summed E-state index contributed by atoms with van der Waals surface area (Å²) < 4.78 is 0. The smallest absolute Gasteiger partial charge is 0.193 e. The van der Waals surface area contributed by atoms with Crippen molar-refractivity contribution in [2.45, 2.75) is 0 Å². The van der Waals surface area contributed by atoms with Gasteiger partial charge in [0.15, 0.2) is 11.6 Å². The summed E-state index contributed by atoms with van der Waals surface area (Å²) in [6.07, 6.45) is 0. The van der Waals surface area contributed by atoms with E-state index in [0.29, 0.717) is 22.3 Å². The fraction of sp³-hybridized carbons (Fsp3) is 0. The molecule has 28 heavy (non-hydrogen) atoms. The van der Waals surface area contributed by atoms with Crippen molar-refractivity contribution >= 4 is 22.3 Å². The van der Waals surface area contributed by atoms with Gasteiger partial charge in [0, 0.05) is 22.3 Å². The zero-order valence-corrected chi connectivity index (χ0v) is 14.8. The second-order valence-electron chi connectivity index (χ2n) is 6.50. The highest BCUT2D eigenvalue weighted by molar-refractivity contribution is 6.21. The maximum absolute atomic E-state index is 13.1. The van der Waals surface area contributed by atoms with E-state index in [2.05, 4.69) is 0 Å². The lowest BCUT2D eigenvalue weighted by Crippen LogP contribution is -2.11. The molecule has 0 aliphatic heterocycles. The molecule has 0 atom stereocenters. The van der Waals surface area contributed by atoms with E-state index < -0.39 is 0 Å². The average Bonchev–Trinajstić information content (AvgIpc) is 2.73. The van der Waals surface area contributed by atoms with Gasteiger partial charge < -0.3 is 10.2 Å². The maximum atomic E-state index is 13.1. The molecule has 0 spiro atoms. The van der Waals surface area contributed by atoms with Crippen LogP contribution in [0, 0.1) is 0 Å². The first-order valence-corrected chi connectivity index (χ1v) is 8.73. The minimum absolute atomic E-state index is 0.0652. The molecule has 0 unspecified atom stereocenters. The van der Waals surface area contributed by atoms with Crippen LogP contribution in [0.2, 0.25) is 0 Å². The van der Waals surface area contributed by atoms with Crippen LogP contribution < -0.4 is 0 Å². The first-order chi connectivity index (χ1) is 13.5. The van der Waals surface area contributed by atoms with Gasteiger partial charge in [-0.15, -0.1) is 0 Å². The minimum atomic E-state index is -0.298. The van der Waals surface area contributed by atoms with E-state index in [1.54, 1.807) is 12.1 Å². The topological polar surface area (TPSA) is 74.6 Å². The molecule has 0 saturated carbocycles. The quantitative estimate of drug-likeness (QED) is 0.512. The number of benzene rings is 4. The Labute approximate surface area is 161 Å². The highest BCUT2D eigenvalue weighted by atomic mass is 16.3. The van der Waals surface area contributed by atoms with Gasteiger partial charge in [-0.25, -0.2) is 0 Å². The Hall–Kier alpha value is -3.92. The molecule has 0 aliphatic carbocycles. The molecular formula is C24H16O4. The molecule has 0 aliphatic rings. The van der Waals surface area contributed by atoms with Crippen LogP contribution >= 0.6 is 0 Å². The summed E-state index contributed by atoms with van der Waals surface area (Å²) in [5.74, 6) is -0.466. The lowest BCUT2D eigenvalue weighted by molar-refractivity contribution is 0.100. The highest BCUT2D eigenvalue weighted by Gasteiger charge is 2.21. The third-order valence-corrected chi connectivity index (χ3v) is 4.63. The van der Waals surface area contributed by atoms with E-state index >= 15 is 0 Å². The Morgan fingerprint density at radius 3 is 1.25 bits per heavy atom. The average molecular weight is 368 g/mol. The van der Waals surface area contributed by atoms with Crippen LogP contribution in [0.4, 0.5) is 0 Å². The van der Waals surface area contributed by atoms with Crippen LogP contribution in [-0.4, -0.2) is 21.8 Å². The zero-order chi connectivity index (χ0) is 19.7. The van der Waals surface area contributed by atoms with Gasteiger partial charge in [0.05, 0.1) is 0 Å². The van der Waals surface area contributed by atoms with Crippen LogP contribution in [-0.2, 0) is 0 Å². The summed E-state index contributed by atoms with van der Waals surface area (Å²) >= 11 is 0. The molecular weight excluding hydrogens is 352 g/mol. The molecule has 0 bridgehead atoms. The molecule has 0 heterocycles. The number of hydrogen-bond donors (Lipinski definition) is 2. The van der Waals surface area contributed by atoms with E-state index in [1.165, 1.54) is 48.5 Å². The number of ketones is 2. The number of hydrogen-bond acceptors (Lipinski definition) is 4. The Kier molecular flexibility index (Phi) is 4.38. The van der Waals surface area contributed by atoms with Crippen molar-refractivity contribution in [1.82, 2.24) is 0 Å². The van der Waals surface area contributed by atoms with Gasteiger partial charge in [0.2, 0.25) is 0 Å². The van der Waals surface area contributed by atoms with E-state index in [0.717, 1.165) is 10.8 Å². The third-order valence-electron chi connectivity index (χ3n) is 4.63. The van der Waals surface area contributed by atoms with Crippen molar-refractivity contribution in [3.8, 4) is 11.5 Å². The van der Waals surface area contributed by atoms with Crippen LogP contribution in [0.15, 0.2) is 84.9 Å². The second-order valence-corrected chi connectivity index (χ2v) is 6.50. The molecule has 4 aromatic rings. The van der Waals surface area contributed by atoms with Crippen molar-refractivity contribution in [3.05, 3.63) is 107 Å². The first-order valence-electron chi connectivity index (χ1n) is 8.73. The van der Waals surface area contributed by atoms with Crippen LogP contribution in [0.1, 0.15) is 31.8 Å². The van der Waals surface area contributed by atoms with Gasteiger partial charge in [0.1, 0.15) is 11.5 Å². The number of aromatic hydroxyl groups is 2. The van der Waals surface area contributed by atoms with Crippen LogP contribution in [0.5, 0.6) is 11.5 Å². The van der Waals surface area contributed by atoms with Crippen LogP contribution in [0.25, 0.3) is 10.8 Å². The summed E-state index contributed by atoms with van der Waals surface area (Å²) in [6, 6.07) is 22.8. The monoisotopic (exact) mass is 368 g/mol. The van der Waals surface area contributed by atoms with Gasteiger partial charge in [-0.1, -0.05) is 24.3 Å². The number of rotatable bonds is 4. The van der Waals surface area contributed by atoms with E-state index in [9.17, 15) is 19.8 Å². The molecule has 4 rings (SSSR count). The largest absolute Gasteiger partial charge is 0.508 e. The lowest BCUT2D eigenvalue weighted by Gasteiger charge is -2.11. The zero-order valence-electron chi connectivity index (χ0n) is 14.8. The summed E-state index contributed by atoms with van der Waals surface area (Å²) in [7, 11) is 0. The van der Waals surface area contributed by atoms with Crippen LogP contribution in [0.3, 0.4) is 0 Å². The Morgan fingerprint density at radius 2 is 0.893 bits per heavy atom. The van der Waals surface area contributed by atoms with Gasteiger partial charge in [0.25, 0.3) is 0 Å². The van der Waals surface area contributed by atoms with Gasteiger partial charge >= 0.3 is 0 Å². The molecule has 0 saturated heterocycles. The fourth-order valence-corrected chi connectivity index (χ4v) is 3.15. The summed E-state index contributed by atoms with van der Waals surface area (Å²) in [5, 5.41) is 20.7. The number of phenols is 2. The summed E-state index contributed by atoms with van der Waals surface area (Å²) in [5.41, 5.74) is 1.35. The van der Waals surface area contributed by atoms with Gasteiger partial charge in [-0.3, -0.25) is 9.59 Å². The van der Waals surface area contributed by atoms with E-state index in [-0.39, 0.29) is 23.1 Å². The molecule has 136 valence electrons. The highest BCUT2D eigenvalue weighted by Crippen LogP contribution is 2.26. The lowest BCUT2D eigenvalue weighted by atomic mass is 9.90. The van der Waals surface area contributed by atoms with Crippen molar-refractivity contribution in [2.75, 3.05) is 0 Å². The third kappa shape index (κ3) is 3.23. The number of phenolic OH excluding ortho intramolecular Hbond substituents is 2. The predicted octanol–water partition coefficient (Wildman–Crippen LogP) is 4.71. The molecule has 0 fully saturated rings. The van der Waals surface area contributed by atoms with Crippen molar-refractivity contribution < 1.29 is 19.8 Å². The normalized spacial score (nSPS) is 10.7. The number of carbonyl (C=O) groups excluding carboxylic acids is 2. The number of carbonyl (C=O) groups is 2. The van der Waals surface area contributed by atoms with E-state index in [1.807, 2.05) is 24.3 Å².